The second kappa shape index (κ2) is 5.19. The number of hydrogen-bond donors (Lipinski definition) is 2. The van der Waals surface area contributed by atoms with Crippen molar-refractivity contribution in [2.45, 2.75) is 19.4 Å². The maximum atomic E-state index is 8.87. The normalized spacial score (nSPS) is 14.9. The minimum Gasteiger partial charge on any atom is -0.389 e. The predicted molar refractivity (Wildman–Crippen MR) is 39.3 cm³/mol. The fraction of sp³-hybridized carbons (Fsp3) is 0.667. The number of aliphatic hydroxyl groups excluding tert-OH is 1. The number of rotatable bonds is 3. The fourth-order valence-electron chi connectivity index (χ4n) is 0.354. The first-order valence-electron chi connectivity index (χ1n) is 2.76. The zero-order valence-electron chi connectivity index (χ0n) is 5.04. The topological polar surface area (TPSA) is 20.2 Å². The van der Waals surface area contributed by atoms with Gasteiger partial charge in [0.1, 0.15) is 0 Å². The van der Waals surface area contributed by atoms with Crippen LogP contribution in [0.3, 0.4) is 0 Å². The second-order valence-corrected chi connectivity index (χ2v) is 1.95. The first kappa shape index (κ1) is 8.05. The highest BCUT2D eigenvalue weighted by Gasteiger charge is 1.88. The van der Waals surface area contributed by atoms with E-state index >= 15 is 0 Å². The van der Waals surface area contributed by atoms with Gasteiger partial charge in [-0.05, 0) is 6.42 Å². The summed E-state index contributed by atoms with van der Waals surface area (Å²) in [6.45, 7) is 1.94. The Balaban J connectivity index is 3.21. The molecule has 0 saturated carbocycles. The van der Waals surface area contributed by atoms with E-state index in [2.05, 4.69) is 12.6 Å². The molecule has 0 fully saturated rings. The lowest BCUT2D eigenvalue weighted by molar-refractivity contribution is 0.219. The van der Waals surface area contributed by atoms with Crippen LogP contribution in [-0.2, 0) is 0 Å². The van der Waals surface area contributed by atoms with E-state index in [9.17, 15) is 0 Å². The van der Waals surface area contributed by atoms with E-state index in [1.54, 1.807) is 6.08 Å². The first-order valence-corrected chi connectivity index (χ1v) is 3.40. The van der Waals surface area contributed by atoms with Gasteiger partial charge in [-0.2, -0.15) is 12.6 Å². The summed E-state index contributed by atoms with van der Waals surface area (Å²) < 4.78 is 0. The van der Waals surface area contributed by atoms with Crippen molar-refractivity contribution in [2.75, 3.05) is 5.75 Å². The van der Waals surface area contributed by atoms with Gasteiger partial charge in [0, 0.05) is 5.75 Å². The third kappa shape index (κ3) is 4.22. The molecule has 8 heavy (non-hydrogen) atoms. The molecule has 0 saturated heterocycles. The molecule has 1 unspecified atom stereocenters. The van der Waals surface area contributed by atoms with E-state index in [0.717, 1.165) is 6.42 Å². The highest BCUT2D eigenvalue weighted by atomic mass is 32.1. The van der Waals surface area contributed by atoms with Crippen LogP contribution in [0, 0.1) is 0 Å². The van der Waals surface area contributed by atoms with Crippen LogP contribution >= 0.6 is 12.6 Å². The number of thiol groups is 1. The third-order valence-electron chi connectivity index (χ3n) is 0.882. The SMILES string of the molecule is CCC(O)C=CCS. The van der Waals surface area contributed by atoms with E-state index in [1.807, 2.05) is 13.0 Å². The van der Waals surface area contributed by atoms with Gasteiger partial charge < -0.3 is 5.11 Å². The Labute approximate surface area is 55.8 Å². The van der Waals surface area contributed by atoms with Crippen molar-refractivity contribution in [3.05, 3.63) is 12.2 Å². The van der Waals surface area contributed by atoms with Gasteiger partial charge in [0.2, 0.25) is 0 Å². The zero-order chi connectivity index (χ0) is 6.41. The summed E-state index contributed by atoms with van der Waals surface area (Å²) in [5, 5.41) is 8.87. The Morgan fingerprint density at radius 2 is 2.38 bits per heavy atom. The molecule has 0 aliphatic carbocycles. The molecule has 0 spiro atoms. The smallest absolute Gasteiger partial charge is 0.0718 e. The molecule has 0 bridgehead atoms. The minimum atomic E-state index is -0.276. The molecule has 0 heterocycles. The highest BCUT2D eigenvalue weighted by molar-refractivity contribution is 7.80. The molecule has 0 aromatic carbocycles. The monoisotopic (exact) mass is 132 g/mol. The number of hydrogen-bond acceptors (Lipinski definition) is 2. The molecular formula is C6H12OS. The second-order valence-electron chi connectivity index (χ2n) is 1.59. The largest absolute Gasteiger partial charge is 0.389 e. The third-order valence-corrected chi connectivity index (χ3v) is 1.09. The van der Waals surface area contributed by atoms with Crippen LogP contribution in [0.2, 0.25) is 0 Å². The molecule has 0 radical (unpaired) electrons. The summed E-state index contributed by atoms with van der Waals surface area (Å²) in [6.07, 6.45) is 4.11. The molecule has 1 atom stereocenters. The molecule has 0 aromatic rings. The van der Waals surface area contributed by atoms with Gasteiger partial charge in [0.15, 0.2) is 0 Å². The van der Waals surface area contributed by atoms with Crippen LogP contribution in [0.25, 0.3) is 0 Å². The van der Waals surface area contributed by atoms with Crippen LogP contribution in [0.5, 0.6) is 0 Å². The maximum absolute atomic E-state index is 8.87. The molecule has 0 rings (SSSR count). The first-order chi connectivity index (χ1) is 3.81. The van der Waals surface area contributed by atoms with Crippen molar-refractivity contribution in [1.82, 2.24) is 0 Å². The summed E-state index contributed by atoms with van der Waals surface area (Å²) >= 11 is 3.94. The van der Waals surface area contributed by atoms with Crippen molar-refractivity contribution in [3.8, 4) is 0 Å². The van der Waals surface area contributed by atoms with Crippen molar-refractivity contribution in [3.63, 3.8) is 0 Å². The highest BCUT2D eigenvalue weighted by Crippen LogP contribution is 1.91. The summed E-state index contributed by atoms with van der Waals surface area (Å²) in [5.74, 6) is 0.705. The molecule has 0 amide bonds. The van der Waals surface area contributed by atoms with Crippen LogP contribution < -0.4 is 0 Å². The molecule has 48 valence electrons. The zero-order valence-corrected chi connectivity index (χ0v) is 5.94. The van der Waals surface area contributed by atoms with Crippen molar-refractivity contribution in [2.24, 2.45) is 0 Å². The van der Waals surface area contributed by atoms with E-state index in [0.29, 0.717) is 5.75 Å². The van der Waals surface area contributed by atoms with Crippen molar-refractivity contribution >= 4 is 12.6 Å². The van der Waals surface area contributed by atoms with Crippen LogP contribution in [0.1, 0.15) is 13.3 Å². The average Bonchev–Trinajstić information content (AvgIpc) is 1.83. The minimum absolute atomic E-state index is 0.276. The van der Waals surface area contributed by atoms with Gasteiger partial charge in [-0.1, -0.05) is 19.1 Å². The Hall–Kier alpha value is 0.0500. The van der Waals surface area contributed by atoms with Crippen molar-refractivity contribution < 1.29 is 5.11 Å². The molecule has 0 aliphatic rings. The predicted octanol–water partition coefficient (Wildman–Crippen LogP) is 1.24. The van der Waals surface area contributed by atoms with Gasteiger partial charge in [-0.25, -0.2) is 0 Å². The number of aliphatic hydroxyl groups is 1. The summed E-state index contributed by atoms with van der Waals surface area (Å²) in [7, 11) is 0. The molecule has 2 heteroatoms. The van der Waals surface area contributed by atoms with Crippen molar-refractivity contribution in [1.29, 1.82) is 0 Å². The molecule has 1 N–H and O–H groups in total. The Kier molecular flexibility index (Phi) is 5.22. The maximum Gasteiger partial charge on any atom is 0.0718 e. The summed E-state index contributed by atoms with van der Waals surface area (Å²) in [4.78, 5) is 0. The molecule has 0 aliphatic heterocycles. The lowest BCUT2D eigenvalue weighted by Crippen LogP contribution is -1.97. The van der Waals surface area contributed by atoms with Crippen LogP contribution in [-0.4, -0.2) is 17.0 Å². The quantitative estimate of drug-likeness (QED) is 0.437. The van der Waals surface area contributed by atoms with Crippen LogP contribution in [0.4, 0.5) is 0 Å². The lowest BCUT2D eigenvalue weighted by atomic mass is 10.3. The van der Waals surface area contributed by atoms with E-state index in [1.165, 1.54) is 0 Å². The lowest BCUT2D eigenvalue weighted by Gasteiger charge is -1.96. The van der Waals surface area contributed by atoms with Gasteiger partial charge in [-0.3, -0.25) is 0 Å². The van der Waals surface area contributed by atoms with E-state index < -0.39 is 0 Å². The van der Waals surface area contributed by atoms with Gasteiger partial charge >= 0.3 is 0 Å². The molecule has 1 nitrogen and oxygen atoms in total. The van der Waals surface area contributed by atoms with E-state index in [4.69, 9.17) is 5.11 Å². The van der Waals surface area contributed by atoms with Gasteiger partial charge in [0.05, 0.1) is 6.10 Å². The summed E-state index contributed by atoms with van der Waals surface area (Å²) in [6, 6.07) is 0. The molecule has 0 aromatic heterocycles. The standard InChI is InChI=1S/C6H12OS/c1-2-6(7)4-3-5-8/h3-4,6-8H,2,5H2,1H3. The molecular weight excluding hydrogens is 120 g/mol. The van der Waals surface area contributed by atoms with E-state index in [-0.39, 0.29) is 6.10 Å². The Morgan fingerprint density at radius 1 is 1.75 bits per heavy atom. The Morgan fingerprint density at radius 3 is 2.75 bits per heavy atom. The van der Waals surface area contributed by atoms with Gasteiger partial charge in [0.25, 0.3) is 0 Å². The summed E-state index contributed by atoms with van der Waals surface area (Å²) in [5.41, 5.74) is 0. The van der Waals surface area contributed by atoms with Crippen LogP contribution in [0.15, 0.2) is 12.2 Å². The average molecular weight is 132 g/mol. The Bertz CT molecular complexity index is 70.9. The van der Waals surface area contributed by atoms with Gasteiger partial charge in [-0.15, -0.1) is 0 Å². The fourth-order valence-corrected chi connectivity index (χ4v) is 0.476.